The number of nitrogens with one attached hydrogen (secondary N) is 1. The smallest absolute Gasteiger partial charge is 0.271 e. The van der Waals surface area contributed by atoms with Gasteiger partial charge in [0.05, 0.1) is 10.2 Å². The Morgan fingerprint density at radius 1 is 1.14 bits per heavy atom. The van der Waals surface area contributed by atoms with Crippen LogP contribution in [0.3, 0.4) is 0 Å². The van der Waals surface area contributed by atoms with Crippen LogP contribution in [0.2, 0.25) is 0 Å². The normalized spacial score (nSPS) is 15.2. The van der Waals surface area contributed by atoms with E-state index in [0.717, 1.165) is 37.1 Å². The van der Waals surface area contributed by atoms with Gasteiger partial charge in [-0.1, -0.05) is 75.7 Å². The molecule has 1 saturated carbocycles. The molecule has 1 atom stereocenters. The van der Waals surface area contributed by atoms with Crippen molar-refractivity contribution in [2.45, 2.75) is 75.2 Å². The maximum atomic E-state index is 12.9. The van der Waals surface area contributed by atoms with Crippen molar-refractivity contribution < 1.29 is 9.72 Å². The number of benzene rings is 2. The first-order chi connectivity index (χ1) is 16.6. The van der Waals surface area contributed by atoms with Gasteiger partial charge in [-0.05, 0) is 36.8 Å². The van der Waals surface area contributed by atoms with E-state index in [-0.39, 0.29) is 17.0 Å². The number of carbonyl (C=O) groups is 1. The predicted octanol–water partition coefficient (Wildman–Crippen LogP) is 6.39. The average molecular weight is 494 g/mol. The Kier molecular flexibility index (Phi) is 7.25. The molecule has 9 heteroatoms. The van der Waals surface area contributed by atoms with Crippen LogP contribution in [-0.2, 0) is 10.2 Å². The number of rotatable bonds is 7. The van der Waals surface area contributed by atoms with Crippen LogP contribution in [0.1, 0.15) is 65.0 Å². The molecule has 4 rings (SSSR count). The Hall–Kier alpha value is -3.20. The van der Waals surface area contributed by atoms with Gasteiger partial charge in [-0.2, -0.15) is 0 Å². The van der Waals surface area contributed by atoms with Gasteiger partial charge in [0.2, 0.25) is 5.91 Å². The summed E-state index contributed by atoms with van der Waals surface area (Å²) in [6, 6.07) is 14.7. The lowest BCUT2D eigenvalue weighted by Crippen LogP contribution is -2.23. The molecule has 1 amide bonds. The number of thioether (sulfide) groups is 1. The lowest BCUT2D eigenvalue weighted by atomic mass is 9.86. The second-order valence-corrected chi connectivity index (χ2v) is 11.3. The quantitative estimate of drug-likeness (QED) is 0.232. The minimum absolute atomic E-state index is 0.0637. The summed E-state index contributed by atoms with van der Waals surface area (Å²) in [5, 5.41) is 23.1. The SMILES string of the molecule is CC(Sc1nnc(-c2ccc(C(C)(C)C)cc2)n1C1CCCC1)C(=O)Nc1cccc([N+](=O)[O-])c1. The molecule has 35 heavy (non-hydrogen) atoms. The van der Waals surface area contributed by atoms with Gasteiger partial charge < -0.3 is 5.32 Å². The van der Waals surface area contributed by atoms with Gasteiger partial charge in [0.15, 0.2) is 11.0 Å². The molecular weight excluding hydrogens is 462 g/mol. The van der Waals surface area contributed by atoms with Crippen LogP contribution >= 0.6 is 11.8 Å². The predicted molar refractivity (Wildman–Crippen MR) is 139 cm³/mol. The van der Waals surface area contributed by atoms with Gasteiger partial charge >= 0.3 is 0 Å². The Balaban J connectivity index is 1.56. The maximum absolute atomic E-state index is 12.9. The molecule has 0 radical (unpaired) electrons. The monoisotopic (exact) mass is 493 g/mol. The number of hydrogen-bond donors (Lipinski definition) is 1. The highest BCUT2D eigenvalue weighted by atomic mass is 32.2. The molecule has 0 aliphatic heterocycles. The summed E-state index contributed by atoms with van der Waals surface area (Å²) in [5.74, 6) is 0.582. The van der Waals surface area contributed by atoms with Crippen LogP contribution in [0, 0.1) is 10.1 Å². The van der Waals surface area contributed by atoms with Crippen molar-refractivity contribution in [2.24, 2.45) is 0 Å². The third kappa shape index (κ3) is 5.73. The van der Waals surface area contributed by atoms with Gasteiger partial charge in [-0.25, -0.2) is 0 Å². The second kappa shape index (κ2) is 10.2. The number of nitrogens with zero attached hydrogens (tertiary/aromatic N) is 4. The van der Waals surface area contributed by atoms with E-state index in [1.54, 1.807) is 12.1 Å². The topological polar surface area (TPSA) is 103 Å². The average Bonchev–Trinajstić information content (AvgIpc) is 3.48. The molecule has 0 saturated heterocycles. The van der Waals surface area contributed by atoms with E-state index in [9.17, 15) is 14.9 Å². The van der Waals surface area contributed by atoms with E-state index in [1.165, 1.54) is 29.5 Å². The Morgan fingerprint density at radius 2 is 1.83 bits per heavy atom. The van der Waals surface area contributed by atoms with E-state index in [0.29, 0.717) is 16.9 Å². The van der Waals surface area contributed by atoms with E-state index in [1.807, 2.05) is 6.92 Å². The molecule has 1 N–H and O–H groups in total. The fourth-order valence-electron chi connectivity index (χ4n) is 4.32. The van der Waals surface area contributed by atoms with Crippen molar-refractivity contribution in [2.75, 3.05) is 5.32 Å². The molecule has 1 heterocycles. The summed E-state index contributed by atoms with van der Waals surface area (Å²) in [6.07, 6.45) is 4.45. The molecule has 1 aliphatic rings. The second-order valence-electron chi connectivity index (χ2n) is 10.00. The molecule has 1 fully saturated rings. The van der Waals surface area contributed by atoms with Gasteiger partial charge in [-0.3, -0.25) is 19.5 Å². The number of nitro groups is 1. The number of amides is 1. The van der Waals surface area contributed by atoms with E-state index in [4.69, 9.17) is 0 Å². The zero-order valence-corrected chi connectivity index (χ0v) is 21.3. The number of anilines is 1. The van der Waals surface area contributed by atoms with Crippen molar-refractivity contribution in [3.8, 4) is 11.4 Å². The Labute approximate surface area is 209 Å². The first kappa shape index (κ1) is 24.9. The molecule has 184 valence electrons. The minimum Gasteiger partial charge on any atom is -0.325 e. The fourth-order valence-corrected chi connectivity index (χ4v) is 5.24. The summed E-state index contributed by atoms with van der Waals surface area (Å²) in [5.41, 5.74) is 2.67. The Morgan fingerprint density at radius 3 is 2.46 bits per heavy atom. The minimum atomic E-state index is -0.479. The van der Waals surface area contributed by atoms with Crippen molar-refractivity contribution in [1.29, 1.82) is 0 Å². The lowest BCUT2D eigenvalue weighted by molar-refractivity contribution is -0.384. The van der Waals surface area contributed by atoms with Crippen LogP contribution in [0.25, 0.3) is 11.4 Å². The van der Waals surface area contributed by atoms with E-state index in [2.05, 4.69) is 65.1 Å². The maximum Gasteiger partial charge on any atom is 0.271 e. The molecule has 0 spiro atoms. The summed E-state index contributed by atoms with van der Waals surface area (Å²) in [4.78, 5) is 23.4. The standard InChI is InChI=1S/C26H31N5O3S/c1-17(24(32)27-20-8-7-11-22(16-20)31(33)34)35-25-29-28-23(30(25)21-9-5-6-10-21)18-12-14-19(15-13-18)26(2,3)4/h7-8,11-17,21H,5-6,9-10H2,1-4H3,(H,27,32). The number of nitro benzene ring substituents is 1. The molecule has 0 bridgehead atoms. The highest BCUT2D eigenvalue weighted by Gasteiger charge is 2.27. The lowest BCUT2D eigenvalue weighted by Gasteiger charge is -2.20. The molecule has 8 nitrogen and oxygen atoms in total. The summed E-state index contributed by atoms with van der Waals surface area (Å²) < 4.78 is 2.20. The van der Waals surface area contributed by atoms with Crippen LogP contribution < -0.4 is 5.32 Å². The van der Waals surface area contributed by atoms with Crippen LogP contribution in [-0.4, -0.2) is 30.8 Å². The van der Waals surface area contributed by atoms with E-state index >= 15 is 0 Å². The van der Waals surface area contributed by atoms with Gasteiger partial charge in [0.25, 0.3) is 5.69 Å². The fraction of sp³-hybridized carbons (Fsp3) is 0.423. The van der Waals surface area contributed by atoms with Crippen molar-refractivity contribution >= 4 is 29.0 Å². The van der Waals surface area contributed by atoms with E-state index < -0.39 is 10.2 Å². The van der Waals surface area contributed by atoms with Crippen LogP contribution in [0.5, 0.6) is 0 Å². The summed E-state index contributed by atoms with van der Waals surface area (Å²) >= 11 is 1.36. The molecule has 1 aliphatic carbocycles. The number of carbonyl (C=O) groups excluding carboxylic acids is 1. The molecule has 3 aromatic rings. The highest BCUT2D eigenvalue weighted by molar-refractivity contribution is 8.00. The van der Waals surface area contributed by atoms with Crippen LogP contribution in [0.4, 0.5) is 11.4 Å². The summed E-state index contributed by atoms with van der Waals surface area (Å²) in [7, 11) is 0. The van der Waals surface area contributed by atoms with Crippen molar-refractivity contribution in [3.05, 3.63) is 64.2 Å². The first-order valence-electron chi connectivity index (χ1n) is 11.9. The zero-order valence-electron chi connectivity index (χ0n) is 20.5. The molecular formula is C26H31N5O3S. The molecule has 2 aromatic carbocycles. The van der Waals surface area contributed by atoms with Crippen molar-refractivity contribution in [3.63, 3.8) is 0 Å². The van der Waals surface area contributed by atoms with Gasteiger partial charge in [-0.15, -0.1) is 10.2 Å². The van der Waals surface area contributed by atoms with Gasteiger partial charge in [0.1, 0.15) is 0 Å². The molecule has 1 aromatic heterocycles. The largest absolute Gasteiger partial charge is 0.325 e. The zero-order chi connectivity index (χ0) is 25.2. The van der Waals surface area contributed by atoms with Crippen LogP contribution in [0.15, 0.2) is 53.7 Å². The number of non-ortho nitro benzene ring substituents is 1. The third-order valence-corrected chi connectivity index (χ3v) is 7.40. The first-order valence-corrected chi connectivity index (χ1v) is 12.8. The number of hydrogen-bond acceptors (Lipinski definition) is 6. The Bertz CT molecular complexity index is 1210. The van der Waals surface area contributed by atoms with Crippen molar-refractivity contribution in [1.82, 2.24) is 14.8 Å². The highest BCUT2D eigenvalue weighted by Crippen LogP contribution is 2.38. The molecule has 1 unspecified atom stereocenters. The van der Waals surface area contributed by atoms with Gasteiger partial charge in [0, 0.05) is 29.4 Å². The summed E-state index contributed by atoms with van der Waals surface area (Å²) in [6.45, 7) is 8.39. The third-order valence-electron chi connectivity index (χ3n) is 6.34. The number of aromatic nitrogens is 3.